The van der Waals surface area contributed by atoms with E-state index in [1.54, 1.807) is 22.5 Å². The first-order chi connectivity index (χ1) is 15.3. The van der Waals surface area contributed by atoms with Crippen molar-refractivity contribution in [2.45, 2.75) is 49.9 Å². The third kappa shape index (κ3) is 6.31. The van der Waals surface area contributed by atoms with Gasteiger partial charge < -0.3 is 9.84 Å². The van der Waals surface area contributed by atoms with Gasteiger partial charge in [-0.1, -0.05) is 20.8 Å². The molecule has 0 amide bonds. The molecule has 1 heterocycles. The standard InChI is InChI=1S/C24H25F3N2O3S/c1-15-11-19(9-10-20(15)32-13-21(30)31)33-14-16-12-29(28-22(16)23(2,3)4)18-7-5-17(6-8-18)24(25,26)27/h5-12H,13-14H2,1-4H3,(H,30,31). The lowest BCUT2D eigenvalue weighted by molar-refractivity contribution is -0.139. The zero-order chi connectivity index (χ0) is 24.4. The second-order valence-electron chi connectivity index (χ2n) is 8.64. The summed E-state index contributed by atoms with van der Waals surface area (Å²) in [7, 11) is 0. The van der Waals surface area contributed by atoms with E-state index < -0.39 is 24.3 Å². The van der Waals surface area contributed by atoms with E-state index >= 15 is 0 Å². The van der Waals surface area contributed by atoms with Crippen molar-refractivity contribution in [1.29, 1.82) is 0 Å². The molecule has 3 aromatic rings. The lowest BCUT2D eigenvalue weighted by atomic mass is 9.90. The Morgan fingerprint density at radius 1 is 1.12 bits per heavy atom. The summed E-state index contributed by atoms with van der Waals surface area (Å²) in [6.07, 6.45) is -2.53. The number of ether oxygens (including phenoxy) is 1. The number of halogens is 3. The number of aryl methyl sites for hydroxylation is 1. The Morgan fingerprint density at radius 3 is 2.33 bits per heavy atom. The number of thioether (sulfide) groups is 1. The third-order valence-corrected chi connectivity index (χ3v) is 5.89. The van der Waals surface area contributed by atoms with E-state index in [1.807, 2.05) is 46.0 Å². The Labute approximate surface area is 194 Å². The number of carboxylic acids is 1. The number of aliphatic carboxylic acids is 1. The Balaban J connectivity index is 1.81. The van der Waals surface area contributed by atoms with Crippen molar-refractivity contribution >= 4 is 17.7 Å². The largest absolute Gasteiger partial charge is 0.482 e. The highest BCUT2D eigenvalue weighted by molar-refractivity contribution is 7.98. The summed E-state index contributed by atoms with van der Waals surface area (Å²) < 4.78 is 45.5. The summed E-state index contributed by atoms with van der Waals surface area (Å²) in [6, 6.07) is 10.5. The van der Waals surface area contributed by atoms with Crippen molar-refractivity contribution in [3.8, 4) is 11.4 Å². The molecule has 0 saturated carbocycles. The molecule has 33 heavy (non-hydrogen) atoms. The van der Waals surface area contributed by atoms with Crippen LogP contribution in [0.4, 0.5) is 13.2 Å². The van der Waals surface area contributed by atoms with Gasteiger partial charge in [0.05, 0.1) is 16.9 Å². The average molecular weight is 479 g/mol. The molecule has 0 unspecified atom stereocenters. The quantitative estimate of drug-likeness (QED) is 0.407. The average Bonchev–Trinajstić information content (AvgIpc) is 3.16. The highest BCUT2D eigenvalue weighted by Crippen LogP contribution is 2.33. The predicted molar refractivity (Wildman–Crippen MR) is 121 cm³/mol. The Morgan fingerprint density at radius 2 is 1.79 bits per heavy atom. The van der Waals surface area contributed by atoms with Gasteiger partial charge in [-0.3, -0.25) is 0 Å². The van der Waals surface area contributed by atoms with E-state index in [0.717, 1.165) is 33.8 Å². The maximum atomic E-state index is 12.9. The number of alkyl halides is 3. The number of carboxylic acid groups (broad SMARTS) is 1. The SMILES string of the molecule is Cc1cc(SCc2cn(-c3ccc(C(F)(F)F)cc3)nc2C(C)(C)C)ccc1OCC(=O)O. The van der Waals surface area contributed by atoms with Crippen LogP contribution in [-0.4, -0.2) is 27.5 Å². The second kappa shape index (κ2) is 9.51. The van der Waals surface area contributed by atoms with E-state index in [1.165, 1.54) is 12.1 Å². The van der Waals surface area contributed by atoms with Gasteiger partial charge in [-0.2, -0.15) is 18.3 Å². The number of hydrogen-bond acceptors (Lipinski definition) is 4. The summed E-state index contributed by atoms with van der Waals surface area (Å²) in [4.78, 5) is 11.7. The lowest BCUT2D eigenvalue weighted by Gasteiger charge is -2.17. The molecule has 5 nitrogen and oxygen atoms in total. The van der Waals surface area contributed by atoms with Crippen LogP contribution in [0.5, 0.6) is 5.75 Å². The minimum atomic E-state index is -4.38. The monoisotopic (exact) mass is 478 g/mol. The first kappa shape index (κ1) is 24.7. The van der Waals surface area contributed by atoms with E-state index in [-0.39, 0.29) is 5.41 Å². The molecule has 1 N–H and O–H groups in total. The summed E-state index contributed by atoms with van der Waals surface area (Å²) in [5.41, 5.74) is 2.29. The van der Waals surface area contributed by atoms with E-state index in [2.05, 4.69) is 5.10 Å². The highest BCUT2D eigenvalue weighted by Gasteiger charge is 2.30. The molecule has 0 fully saturated rings. The number of hydrogen-bond donors (Lipinski definition) is 1. The van der Waals surface area contributed by atoms with Crippen LogP contribution in [0.3, 0.4) is 0 Å². The van der Waals surface area contributed by atoms with Gasteiger partial charge in [0.2, 0.25) is 0 Å². The lowest BCUT2D eigenvalue weighted by Crippen LogP contribution is -2.14. The normalized spacial score (nSPS) is 12.1. The van der Waals surface area contributed by atoms with Gasteiger partial charge >= 0.3 is 12.1 Å². The molecule has 0 aliphatic rings. The Kier molecular flexibility index (Phi) is 7.11. The molecule has 0 bridgehead atoms. The number of nitrogens with zero attached hydrogens (tertiary/aromatic N) is 2. The maximum absolute atomic E-state index is 12.9. The van der Waals surface area contributed by atoms with Crippen molar-refractivity contribution in [3.63, 3.8) is 0 Å². The fraction of sp³-hybridized carbons (Fsp3) is 0.333. The topological polar surface area (TPSA) is 64.4 Å². The zero-order valence-corrected chi connectivity index (χ0v) is 19.5. The van der Waals surface area contributed by atoms with Crippen LogP contribution in [0.2, 0.25) is 0 Å². The first-order valence-corrected chi connectivity index (χ1v) is 11.2. The van der Waals surface area contributed by atoms with Crippen molar-refractivity contribution in [3.05, 3.63) is 71.0 Å². The number of aromatic nitrogens is 2. The second-order valence-corrected chi connectivity index (χ2v) is 9.69. The van der Waals surface area contributed by atoms with Gasteiger partial charge in [-0.15, -0.1) is 11.8 Å². The van der Waals surface area contributed by atoms with Crippen molar-refractivity contribution < 1.29 is 27.8 Å². The minimum absolute atomic E-state index is 0.252. The van der Waals surface area contributed by atoms with Gasteiger partial charge in [-0.05, 0) is 55.0 Å². The smallest absolute Gasteiger partial charge is 0.416 e. The number of carbonyl (C=O) groups is 1. The summed E-state index contributed by atoms with van der Waals surface area (Å²) >= 11 is 1.59. The predicted octanol–water partition coefficient (Wildman–Crippen LogP) is 6.25. The van der Waals surface area contributed by atoms with Crippen LogP contribution < -0.4 is 4.74 Å². The molecule has 0 atom stereocenters. The zero-order valence-electron chi connectivity index (χ0n) is 18.7. The molecule has 0 spiro atoms. The van der Waals surface area contributed by atoms with E-state index in [9.17, 15) is 18.0 Å². The molecule has 0 aliphatic carbocycles. The summed E-state index contributed by atoms with van der Waals surface area (Å²) in [5.74, 6) is 0.0991. The number of rotatable bonds is 7. The molecular formula is C24H25F3N2O3S. The van der Waals surface area contributed by atoms with Crippen LogP contribution >= 0.6 is 11.8 Å². The number of benzene rings is 2. The minimum Gasteiger partial charge on any atom is -0.482 e. The first-order valence-electron chi connectivity index (χ1n) is 10.2. The Bertz CT molecular complexity index is 1130. The summed E-state index contributed by atoms with van der Waals surface area (Å²) in [6.45, 7) is 7.58. The molecular weight excluding hydrogens is 453 g/mol. The van der Waals surface area contributed by atoms with E-state index in [0.29, 0.717) is 17.2 Å². The summed E-state index contributed by atoms with van der Waals surface area (Å²) in [5, 5.41) is 13.4. The van der Waals surface area contributed by atoms with Crippen LogP contribution in [0.25, 0.3) is 5.69 Å². The van der Waals surface area contributed by atoms with Crippen LogP contribution in [0.1, 0.15) is 43.2 Å². The highest BCUT2D eigenvalue weighted by atomic mass is 32.2. The fourth-order valence-electron chi connectivity index (χ4n) is 3.26. The molecule has 0 saturated heterocycles. The molecule has 0 aliphatic heterocycles. The maximum Gasteiger partial charge on any atom is 0.416 e. The van der Waals surface area contributed by atoms with Crippen molar-refractivity contribution in [2.24, 2.45) is 0 Å². The molecule has 0 radical (unpaired) electrons. The molecule has 9 heteroatoms. The van der Waals surface area contributed by atoms with Crippen molar-refractivity contribution in [2.75, 3.05) is 6.61 Å². The molecule has 1 aromatic heterocycles. The van der Waals surface area contributed by atoms with Gasteiger partial charge in [-0.25, -0.2) is 9.48 Å². The van der Waals surface area contributed by atoms with Gasteiger partial charge in [0.1, 0.15) is 5.75 Å². The van der Waals surface area contributed by atoms with Crippen LogP contribution in [-0.2, 0) is 22.1 Å². The van der Waals surface area contributed by atoms with Crippen LogP contribution in [0.15, 0.2) is 53.6 Å². The third-order valence-electron chi connectivity index (χ3n) is 4.85. The van der Waals surface area contributed by atoms with Gasteiger partial charge in [0.15, 0.2) is 6.61 Å². The fourth-order valence-corrected chi connectivity index (χ4v) is 4.21. The molecule has 3 rings (SSSR count). The van der Waals surface area contributed by atoms with E-state index in [4.69, 9.17) is 9.84 Å². The molecule has 2 aromatic carbocycles. The van der Waals surface area contributed by atoms with Crippen molar-refractivity contribution in [1.82, 2.24) is 9.78 Å². The molecule has 176 valence electrons. The van der Waals surface area contributed by atoms with Gasteiger partial charge in [0.25, 0.3) is 0 Å². The Hall–Kier alpha value is -2.94. The van der Waals surface area contributed by atoms with Gasteiger partial charge in [0, 0.05) is 27.8 Å². The van der Waals surface area contributed by atoms with Crippen LogP contribution in [0, 0.1) is 6.92 Å².